The molecule has 0 atom stereocenters. The van der Waals surface area contributed by atoms with Gasteiger partial charge in [0.25, 0.3) is 0 Å². The van der Waals surface area contributed by atoms with E-state index in [4.69, 9.17) is 9.72 Å². The van der Waals surface area contributed by atoms with E-state index in [9.17, 15) is 0 Å². The second-order valence-corrected chi connectivity index (χ2v) is 8.67. The number of ether oxygens (including phenoxy) is 1. The molecule has 0 amide bonds. The minimum atomic E-state index is -0.103. The van der Waals surface area contributed by atoms with Crippen LogP contribution in [0.1, 0.15) is 42.6 Å². The zero-order valence-electron chi connectivity index (χ0n) is 17.4. The van der Waals surface area contributed by atoms with Gasteiger partial charge in [0.05, 0.1) is 11.4 Å². The van der Waals surface area contributed by atoms with Gasteiger partial charge in [-0.1, -0.05) is 24.3 Å². The van der Waals surface area contributed by atoms with Gasteiger partial charge in [-0.15, -0.1) is 0 Å². The Labute approximate surface area is 172 Å². The summed E-state index contributed by atoms with van der Waals surface area (Å²) >= 11 is 0. The van der Waals surface area contributed by atoms with Gasteiger partial charge in [0.15, 0.2) is 0 Å². The van der Waals surface area contributed by atoms with Crippen LogP contribution in [-0.4, -0.2) is 39.5 Å². The Morgan fingerprint density at radius 3 is 2.76 bits per heavy atom. The smallest absolute Gasteiger partial charge is 0.137 e. The predicted molar refractivity (Wildman–Crippen MR) is 115 cm³/mol. The highest BCUT2D eigenvalue weighted by molar-refractivity contribution is 5.43. The number of benzene rings is 1. The molecule has 2 aliphatic rings. The Hall–Kier alpha value is -2.37. The molecule has 5 heteroatoms. The van der Waals surface area contributed by atoms with E-state index in [2.05, 4.69) is 77.3 Å². The quantitative estimate of drug-likeness (QED) is 0.736. The lowest BCUT2D eigenvalue weighted by Crippen LogP contribution is -2.50. The second-order valence-electron chi connectivity index (χ2n) is 8.67. The van der Waals surface area contributed by atoms with Gasteiger partial charge in [-0.25, -0.2) is 4.98 Å². The normalized spacial score (nSPS) is 25.0. The number of nitrogens with zero attached hydrogens (tertiary/aromatic N) is 3. The fourth-order valence-electron chi connectivity index (χ4n) is 5.07. The summed E-state index contributed by atoms with van der Waals surface area (Å²) in [6, 6.07) is 15.4. The third kappa shape index (κ3) is 3.53. The van der Waals surface area contributed by atoms with E-state index in [1.807, 2.05) is 0 Å². The van der Waals surface area contributed by atoms with Crippen LogP contribution in [0.5, 0.6) is 5.75 Å². The van der Waals surface area contributed by atoms with Crippen LogP contribution in [0, 0.1) is 6.92 Å². The molecule has 29 heavy (non-hydrogen) atoms. The average Bonchev–Trinajstić information content (AvgIpc) is 2.96. The van der Waals surface area contributed by atoms with Crippen molar-refractivity contribution in [1.82, 2.24) is 19.6 Å². The zero-order valence-corrected chi connectivity index (χ0v) is 17.4. The number of hydrogen-bond acceptors (Lipinski definition) is 4. The summed E-state index contributed by atoms with van der Waals surface area (Å²) in [7, 11) is 2.08. The first kappa shape index (κ1) is 18.6. The van der Waals surface area contributed by atoms with Crippen molar-refractivity contribution in [1.29, 1.82) is 0 Å². The highest BCUT2D eigenvalue weighted by Crippen LogP contribution is 2.38. The summed E-state index contributed by atoms with van der Waals surface area (Å²) in [6.07, 6.45) is 6.65. The summed E-state index contributed by atoms with van der Waals surface area (Å²) in [6.45, 7) is 4.87. The molecule has 5 nitrogen and oxygen atoms in total. The number of nitrogens with one attached hydrogen (secondary N) is 1. The second kappa shape index (κ2) is 7.47. The van der Waals surface area contributed by atoms with Crippen LogP contribution in [0.4, 0.5) is 0 Å². The van der Waals surface area contributed by atoms with Gasteiger partial charge in [0.2, 0.25) is 0 Å². The third-order valence-corrected chi connectivity index (χ3v) is 6.71. The molecule has 0 saturated heterocycles. The molecule has 0 radical (unpaired) electrons. The molecule has 1 spiro atoms. The Morgan fingerprint density at radius 2 is 1.93 bits per heavy atom. The Bertz CT molecular complexity index is 1000. The van der Waals surface area contributed by atoms with Crippen LogP contribution in [0.3, 0.4) is 0 Å². The highest BCUT2D eigenvalue weighted by atomic mass is 16.5. The molecule has 3 aromatic rings. The third-order valence-electron chi connectivity index (χ3n) is 6.71. The van der Waals surface area contributed by atoms with Crippen LogP contribution in [-0.2, 0) is 13.1 Å². The number of imidazole rings is 1. The van der Waals surface area contributed by atoms with Gasteiger partial charge in [0, 0.05) is 37.4 Å². The molecule has 152 valence electrons. The van der Waals surface area contributed by atoms with E-state index >= 15 is 0 Å². The molecule has 1 aliphatic carbocycles. The van der Waals surface area contributed by atoms with Crippen molar-refractivity contribution >= 4 is 5.65 Å². The monoisotopic (exact) mass is 390 g/mol. The molecule has 1 fully saturated rings. The van der Waals surface area contributed by atoms with Crippen molar-refractivity contribution in [3.05, 3.63) is 65.6 Å². The number of hydrogen-bond donors (Lipinski definition) is 1. The molecule has 2 aromatic heterocycles. The molecule has 1 aromatic carbocycles. The van der Waals surface area contributed by atoms with E-state index < -0.39 is 0 Å². The van der Waals surface area contributed by atoms with Crippen molar-refractivity contribution < 1.29 is 4.74 Å². The lowest BCUT2D eigenvalue weighted by molar-refractivity contribution is -0.00354. The summed E-state index contributed by atoms with van der Waals surface area (Å²) in [4.78, 5) is 7.33. The van der Waals surface area contributed by atoms with Crippen LogP contribution >= 0.6 is 0 Å². The van der Waals surface area contributed by atoms with E-state index in [1.54, 1.807) is 0 Å². The maximum atomic E-state index is 6.75. The molecule has 0 unspecified atom stereocenters. The van der Waals surface area contributed by atoms with E-state index in [-0.39, 0.29) is 5.60 Å². The van der Waals surface area contributed by atoms with Crippen LogP contribution in [0.2, 0.25) is 0 Å². The molecular formula is C24H30N4O. The summed E-state index contributed by atoms with van der Waals surface area (Å²) in [5.41, 5.74) is 4.60. The highest BCUT2D eigenvalue weighted by Gasteiger charge is 2.41. The number of aromatic nitrogens is 2. The molecule has 1 saturated carbocycles. The average molecular weight is 391 g/mol. The van der Waals surface area contributed by atoms with Crippen molar-refractivity contribution in [2.24, 2.45) is 0 Å². The number of pyridine rings is 1. The number of rotatable bonds is 3. The minimum absolute atomic E-state index is 0.103. The maximum Gasteiger partial charge on any atom is 0.137 e. The Kier molecular flexibility index (Phi) is 4.80. The predicted octanol–water partition coefficient (Wildman–Crippen LogP) is 3.94. The van der Waals surface area contributed by atoms with Gasteiger partial charge in [-0.2, -0.15) is 0 Å². The van der Waals surface area contributed by atoms with Crippen molar-refractivity contribution in [2.45, 2.75) is 57.3 Å². The standard InChI is InChI=1S/C24H30N4O/c1-18-21(28-14-6-5-9-23(28)26-18)16-27-15-19-7-3-4-8-22(19)29-24(17-27)12-10-20(25-2)11-13-24/h3-9,14,20,25H,10-13,15-17H2,1-2H3. The fourth-order valence-corrected chi connectivity index (χ4v) is 5.07. The first-order valence-corrected chi connectivity index (χ1v) is 10.7. The lowest BCUT2D eigenvalue weighted by atomic mass is 9.81. The van der Waals surface area contributed by atoms with Gasteiger partial charge in [0.1, 0.15) is 17.0 Å². The maximum absolute atomic E-state index is 6.75. The molecule has 0 bridgehead atoms. The van der Waals surface area contributed by atoms with Crippen LogP contribution < -0.4 is 10.1 Å². The number of fused-ring (bicyclic) bond motifs is 2. The summed E-state index contributed by atoms with van der Waals surface area (Å²) in [5.74, 6) is 1.06. The summed E-state index contributed by atoms with van der Waals surface area (Å²) in [5, 5.41) is 3.46. The first-order valence-electron chi connectivity index (χ1n) is 10.7. The molecular weight excluding hydrogens is 360 g/mol. The molecule has 1 N–H and O–H groups in total. The summed E-state index contributed by atoms with van der Waals surface area (Å²) < 4.78 is 8.99. The fraction of sp³-hybridized carbons (Fsp3) is 0.458. The first-order chi connectivity index (χ1) is 14.2. The molecule has 3 heterocycles. The van der Waals surface area contributed by atoms with E-state index in [0.29, 0.717) is 6.04 Å². The van der Waals surface area contributed by atoms with Crippen LogP contribution in [0.15, 0.2) is 48.7 Å². The molecule has 5 rings (SSSR count). The SMILES string of the molecule is CNC1CCC2(CC1)CN(Cc1c(C)nc3ccccn13)Cc1ccccc1O2. The van der Waals surface area contributed by atoms with Gasteiger partial charge in [-0.05, 0) is 57.9 Å². The number of aryl methyl sites for hydroxylation is 1. The van der Waals surface area contributed by atoms with Gasteiger partial charge in [-0.3, -0.25) is 4.90 Å². The van der Waals surface area contributed by atoms with Crippen LogP contribution in [0.25, 0.3) is 5.65 Å². The van der Waals surface area contributed by atoms with E-state index in [0.717, 1.165) is 49.6 Å². The van der Waals surface area contributed by atoms with Crippen molar-refractivity contribution in [3.8, 4) is 5.75 Å². The van der Waals surface area contributed by atoms with Crippen molar-refractivity contribution in [3.63, 3.8) is 0 Å². The van der Waals surface area contributed by atoms with Gasteiger partial charge < -0.3 is 14.5 Å². The minimum Gasteiger partial charge on any atom is -0.486 e. The largest absolute Gasteiger partial charge is 0.486 e. The van der Waals surface area contributed by atoms with Crippen molar-refractivity contribution in [2.75, 3.05) is 13.6 Å². The number of para-hydroxylation sites is 1. The Balaban J connectivity index is 1.48. The zero-order chi connectivity index (χ0) is 19.8. The lowest BCUT2D eigenvalue weighted by Gasteiger charge is -2.41. The molecule has 1 aliphatic heterocycles. The van der Waals surface area contributed by atoms with Gasteiger partial charge >= 0.3 is 0 Å². The topological polar surface area (TPSA) is 41.8 Å². The Morgan fingerprint density at radius 1 is 1.14 bits per heavy atom. The van der Waals surface area contributed by atoms with E-state index in [1.165, 1.54) is 24.1 Å².